The number of aromatic nitrogens is 3. The van der Waals surface area contributed by atoms with Gasteiger partial charge in [0.1, 0.15) is 0 Å². The van der Waals surface area contributed by atoms with Gasteiger partial charge in [-0.2, -0.15) is 15.0 Å². The molecular formula is C14H16ClN5O2S. The van der Waals surface area contributed by atoms with Crippen molar-refractivity contribution in [3.8, 4) is 0 Å². The first kappa shape index (κ1) is 17.3. The largest absolute Gasteiger partial charge is 0.457 e. The molecule has 2 rings (SSSR count). The van der Waals surface area contributed by atoms with Gasteiger partial charge in [-0.3, -0.25) is 4.79 Å². The molecule has 23 heavy (non-hydrogen) atoms. The molecule has 9 heteroatoms. The first-order chi connectivity index (χ1) is 11.0. The number of nitrogens with zero attached hydrogens (tertiary/aromatic N) is 3. The standard InChI is InChI=1S/C14H16ClN5O2S/c15-9-3-5-10(6-4-9)23-7-1-2-12(21)22-8-11-18-13(16)20-14(17)19-11/h3-6H,1-2,7-8H2,(H4,16,17,18,19,20). The third-order valence-electron chi connectivity index (χ3n) is 2.69. The fraction of sp³-hybridized carbons (Fsp3) is 0.286. The lowest BCUT2D eigenvalue weighted by Gasteiger charge is -2.05. The van der Waals surface area contributed by atoms with Gasteiger partial charge in [-0.15, -0.1) is 11.8 Å². The van der Waals surface area contributed by atoms with Gasteiger partial charge in [0.2, 0.25) is 11.9 Å². The predicted molar refractivity (Wildman–Crippen MR) is 89.9 cm³/mol. The summed E-state index contributed by atoms with van der Waals surface area (Å²) in [4.78, 5) is 24.1. The number of anilines is 2. The van der Waals surface area contributed by atoms with Crippen LogP contribution in [0.25, 0.3) is 0 Å². The highest BCUT2D eigenvalue weighted by atomic mass is 35.5. The van der Waals surface area contributed by atoms with Gasteiger partial charge in [-0.1, -0.05) is 11.6 Å². The Morgan fingerprint density at radius 1 is 1.13 bits per heavy atom. The lowest BCUT2D eigenvalue weighted by atomic mass is 10.3. The summed E-state index contributed by atoms with van der Waals surface area (Å²) in [6.45, 7) is -0.0694. The van der Waals surface area contributed by atoms with Crippen LogP contribution in [0.1, 0.15) is 18.7 Å². The van der Waals surface area contributed by atoms with Crippen LogP contribution in [0.2, 0.25) is 5.02 Å². The highest BCUT2D eigenvalue weighted by Gasteiger charge is 2.07. The summed E-state index contributed by atoms with van der Waals surface area (Å²) in [5.74, 6) is 0.728. The van der Waals surface area contributed by atoms with Crippen molar-refractivity contribution in [1.29, 1.82) is 0 Å². The number of thioether (sulfide) groups is 1. The van der Waals surface area contributed by atoms with E-state index in [2.05, 4.69) is 15.0 Å². The van der Waals surface area contributed by atoms with Gasteiger partial charge in [0.25, 0.3) is 0 Å². The number of ether oxygens (including phenoxy) is 1. The summed E-state index contributed by atoms with van der Waals surface area (Å²) in [6.07, 6.45) is 1.02. The molecule has 0 radical (unpaired) electrons. The van der Waals surface area contributed by atoms with Crippen molar-refractivity contribution in [3.63, 3.8) is 0 Å². The fourth-order valence-electron chi connectivity index (χ4n) is 1.68. The second-order valence-electron chi connectivity index (χ2n) is 4.53. The molecule has 0 saturated carbocycles. The second-order valence-corrected chi connectivity index (χ2v) is 6.14. The fourth-order valence-corrected chi connectivity index (χ4v) is 2.65. The highest BCUT2D eigenvalue weighted by molar-refractivity contribution is 7.99. The third-order valence-corrected chi connectivity index (χ3v) is 4.04. The van der Waals surface area contributed by atoms with Crippen molar-refractivity contribution in [2.75, 3.05) is 17.2 Å². The molecule has 0 fully saturated rings. The smallest absolute Gasteiger partial charge is 0.306 e. The molecular weight excluding hydrogens is 338 g/mol. The van der Waals surface area contributed by atoms with E-state index in [9.17, 15) is 4.79 Å². The van der Waals surface area contributed by atoms with E-state index in [1.807, 2.05) is 24.3 Å². The zero-order valence-corrected chi connectivity index (χ0v) is 13.8. The lowest BCUT2D eigenvalue weighted by Crippen LogP contribution is -2.11. The Balaban J connectivity index is 1.66. The maximum absolute atomic E-state index is 11.7. The number of esters is 1. The maximum atomic E-state index is 11.7. The van der Waals surface area contributed by atoms with E-state index in [0.29, 0.717) is 17.9 Å². The quantitative estimate of drug-likeness (QED) is 0.442. The van der Waals surface area contributed by atoms with E-state index < -0.39 is 0 Å². The molecule has 1 aromatic carbocycles. The van der Waals surface area contributed by atoms with Gasteiger partial charge in [0.15, 0.2) is 12.4 Å². The third kappa shape index (κ3) is 6.29. The van der Waals surface area contributed by atoms with Gasteiger partial charge < -0.3 is 16.2 Å². The molecule has 4 N–H and O–H groups in total. The molecule has 0 atom stereocenters. The number of rotatable bonds is 7. The monoisotopic (exact) mass is 353 g/mol. The second kappa shape index (κ2) is 8.54. The van der Waals surface area contributed by atoms with E-state index in [4.69, 9.17) is 27.8 Å². The summed E-state index contributed by atoms with van der Waals surface area (Å²) >= 11 is 7.48. The maximum Gasteiger partial charge on any atom is 0.306 e. The van der Waals surface area contributed by atoms with E-state index in [0.717, 1.165) is 10.6 Å². The number of halogens is 1. The van der Waals surface area contributed by atoms with Crippen LogP contribution < -0.4 is 11.5 Å². The zero-order valence-electron chi connectivity index (χ0n) is 12.2. The van der Waals surface area contributed by atoms with Gasteiger partial charge >= 0.3 is 5.97 Å². The first-order valence-electron chi connectivity index (χ1n) is 6.83. The average molecular weight is 354 g/mol. The van der Waals surface area contributed by atoms with E-state index >= 15 is 0 Å². The summed E-state index contributed by atoms with van der Waals surface area (Å²) < 4.78 is 5.08. The van der Waals surface area contributed by atoms with Gasteiger partial charge in [-0.05, 0) is 36.4 Å². The van der Waals surface area contributed by atoms with Crippen LogP contribution in [0.4, 0.5) is 11.9 Å². The van der Waals surface area contributed by atoms with Crippen LogP contribution in [0.5, 0.6) is 0 Å². The van der Waals surface area contributed by atoms with E-state index in [1.54, 1.807) is 11.8 Å². The molecule has 7 nitrogen and oxygen atoms in total. The molecule has 2 aromatic rings. The van der Waals surface area contributed by atoms with Crippen LogP contribution >= 0.6 is 23.4 Å². The van der Waals surface area contributed by atoms with Crippen molar-refractivity contribution in [2.24, 2.45) is 0 Å². The van der Waals surface area contributed by atoms with Crippen LogP contribution in [0.15, 0.2) is 29.2 Å². The Bertz CT molecular complexity index is 648. The average Bonchev–Trinajstić information content (AvgIpc) is 2.50. The SMILES string of the molecule is Nc1nc(N)nc(COC(=O)CCCSc2ccc(Cl)cc2)n1. The van der Waals surface area contributed by atoms with Gasteiger partial charge in [0, 0.05) is 16.3 Å². The van der Waals surface area contributed by atoms with E-state index in [1.165, 1.54) is 0 Å². The molecule has 1 heterocycles. The number of nitrogen functional groups attached to an aromatic ring is 2. The van der Waals surface area contributed by atoms with Crippen molar-refractivity contribution in [3.05, 3.63) is 35.1 Å². The molecule has 0 aliphatic rings. The van der Waals surface area contributed by atoms with Crippen LogP contribution in [-0.4, -0.2) is 26.7 Å². The minimum atomic E-state index is -0.320. The van der Waals surface area contributed by atoms with Crippen molar-refractivity contribution >= 4 is 41.2 Å². The summed E-state index contributed by atoms with van der Waals surface area (Å²) in [5, 5.41) is 0.706. The molecule has 0 spiro atoms. The van der Waals surface area contributed by atoms with Crippen molar-refractivity contribution in [1.82, 2.24) is 15.0 Å². The molecule has 0 aliphatic heterocycles. The lowest BCUT2D eigenvalue weighted by molar-refractivity contribution is -0.145. The highest BCUT2D eigenvalue weighted by Crippen LogP contribution is 2.21. The predicted octanol–water partition coefficient (Wildman–Crippen LogP) is 2.31. The van der Waals surface area contributed by atoms with Crippen LogP contribution in [0.3, 0.4) is 0 Å². The molecule has 0 aliphatic carbocycles. The number of carbonyl (C=O) groups excluding carboxylic acids is 1. The minimum absolute atomic E-state index is 0.00270. The molecule has 122 valence electrons. The number of nitrogens with two attached hydrogens (primary N) is 2. The Morgan fingerprint density at radius 3 is 2.43 bits per heavy atom. The number of hydrogen-bond acceptors (Lipinski definition) is 8. The van der Waals surface area contributed by atoms with Crippen molar-refractivity contribution < 1.29 is 9.53 Å². The van der Waals surface area contributed by atoms with E-state index in [-0.39, 0.29) is 30.3 Å². The molecule has 0 bridgehead atoms. The Labute approximate surface area is 142 Å². The van der Waals surface area contributed by atoms with Crippen LogP contribution in [0, 0.1) is 0 Å². The Morgan fingerprint density at radius 2 is 1.78 bits per heavy atom. The first-order valence-corrected chi connectivity index (χ1v) is 8.19. The topological polar surface area (TPSA) is 117 Å². The van der Waals surface area contributed by atoms with Crippen molar-refractivity contribution in [2.45, 2.75) is 24.3 Å². The summed E-state index contributed by atoms with van der Waals surface area (Å²) in [6, 6.07) is 7.57. The Hall–Kier alpha value is -2.06. The number of benzene rings is 1. The molecule has 1 aromatic heterocycles. The van der Waals surface area contributed by atoms with Crippen LogP contribution in [-0.2, 0) is 16.1 Å². The van der Waals surface area contributed by atoms with Gasteiger partial charge in [-0.25, -0.2) is 0 Å². The number of carbonyl (C=O) groups is 1. The molecule has 0 saturated heterocycles. The Kier molecular flexibility index (Phi) is 6.42. The zero-order chi connectivity index (χ0) is 16.7. The number of hydrogen-bond donors (Lipinski definition) is 2. The normalized spacial score (nSPS) is 10.5. The molecule has 0 amide bonds. The summed E-state index contributed by atoms with van der Waals surface area (Å²) in [7, 11) is 0. The van der Waals surface area contributed by atoms with Gasteiger partial charge in [0.05, 0.1) is 0 Å². The summed E-state index contributed by atoms with van der Waals surface area (Å²) in [5.41, 5.74) is 10.9. The minimum Gasteiger partial charge on any atom is -0.457 e. The molecule has 0 unspecified atom stereocenters.